The van der Waals surface area contributed by atoms with E-state index in [2.05, 4.69) is 53.3 Å². The van der Waals surface area contributed by atoms with Crippen molar-refractivity contribution in [3.8, 4) is 0 Å². The summed E-state index contributed by atoms with van der Waals surface area (Å²) >= 11 is 0. The van der Waals surface area contributed by atoms with Crippen LogP contribution in [0.25, 0.3) is 0 Å². The number of allylic oxidation sites excluding steroid dienone is 5. The Kier molecular flexibility index (Phi) is 4.76. The molecule has 0 atom stereocenters. The predicted molar refractivity (Wildman–Crippen MR) is 61.8 cm³/mol. The average Bonchev–Trinajstić information content (AvgIpc) is 1.95. The minimum atomic E-state index is 0.343. The van der Waals surface area contributed by atoms with Crippen LogP contribution < -0.4 is 0 Å². The van der Waals surface area contributed by atoms with Gasteiger partial charge in [0.25, 0.3) is 0 Å². The molecule has 0 N–H and O–H groups in total. The van der Waals surface area contributed by atoms with Gasteiger partial charge >= 0.3 is 0 Å². The lowest BCUT2D eigenvalue weighted by molar-refractivity contribution is 0.413. The van der Waals surface area contributed by atoms with E-state index in [0.717, 1.165) is 6.42 Å². The smallest absolute Gasteiger partial charge is 0.0230 e. The van der Waals surface area contributed by atoms with Crippen molar-refractivity contribution in [1.29, 1.82) is 0 Å². The van der Waals surface area contributed by atoms with Gasteiger partial charge in [-0.05, 0) is 31.3 Å². The zero-order chi connectivity index (χ0) is 10.5. The molecule has 0 heteroatoms. The number of hydrogen-bond donors (Lipinski definition) is 0. The van der Waals surface area contributed by atoms with Gasteiger partial charge in [0.15, 0.2) is 0 Å². The maximum atomic E-state index is 3.83. The van der Waals surface area contributed by atoms with Crippen molar-refractivity contribution in [2.75, 3.05) is 0 Å². The molecule has 0 aliphatic heterocycles. The van der Waals surface area contributed by atoms with Crippen molar-refractivity contribution >= 4 is 0 Å². The first-order chi connectivity index (χ1) is 5.85. The van der Waals surface area contributed by atoms with E-state index in [9.17, 15) is 0 Å². The Morgan fingerprint density at radius 2 is 1.69 bits per heavy atom. The monoisotopic (exact) mass is 178 g/mol. The third-order valence-electron chi connectivity index (χ3n) is 1.63. The molecular weight excluding hydrogens is 156 g/mol. The van der Waals surface area contributed by atoms with E-state index >= 15 is 0 Å². The summed E-state index contributed by atoms with van der Waals surface area (Å²) in [6.45, 7) is 14.8. The van der Waals surface area contributed by atoms with Crippen LogP contribution in [0, 0.1) is 5.41 Å². The lowest BCUT2D eigenvalue weighted by Gasteiger charge is -2.18. The molecule has 0 aromatic rings. The molecule has 0 fully saturated rings. The summed E-state index contributed by atoms with van der Waals surface area (Å²) in [5.41, 5.74) is 2.98. The van der Waals surface area contributed by atoms with Crippen molar-refractivity contribution in [2.45, 2.75) is 41.0 Å². The van der Waals surface area contributed by atoms with Crippen LogP contribution in [-0.2, 0) is 0 Å². The fraction of sp³-hybridized carbons (Fsp3) is 0.538. The lowest BCUT2D eigenvalue weighted by Crippen LogP contribution is -2.05. The van der Waals surface area contributed by atoms with E-state index in [1.165, 1.54) is 11.1 Å². The molecule has 0 saturated heterocycles. The van der Waals surface area contributed by atoms with Gasteiger partial charge in [0.1, 0.15) is 0 Å². The highest BCUT2D eigenvalue weighted by Gasteiger charge is 2.10. The number of rotatable bonds is 3. The van der Waals surface area contributed by atoms with Crippen LogP contribution in [0.3, 0.4) is 0 Å². The van der Waals surface area contributed by atoms with Crippen molar-refractivity contribution < 1.29 is 0 Å². The summed E-state index contributed by atoms with van der Waals surface area (Å²) in [4.78, 5) is 0. The maximum Gasteiger partial charge on any atom is -0.0230 e. The molecule has 0 aromatic carbocycles. The third kappa shape index (κ3) is 7.58. The summed E-state index contributed by atoms with van der Waals surface area (Å²) in [6, 6.07) is 0. The summed E-state index contributed by atoms with van der Waals surface area (Å²) in [6.07, 6.45) is 7.33. The molecule has 0 radical (unpaired) electrons. The molecule has 0 unspecified atom stereocenters. The van der Waals surface area contributed by atoms with Crippen LogP contribution in [0.4, 0.5) is 0 Å². The van der Waals surface area contributed by atoms with Gasteiger partial charge in [-0.25, -0.2) is 0 Å². The van der Waals surface area contributed by atoms with Gasteiger partial charge in [0.05, 0.1) is 0 Å². The molecule has 0 heterocycles. The predicted octanol–water partition coefficient (Wildman–Crippen LogP) is 4.50. The zero-order valence-corrected chi connectivity index (χ0v) is 9.65. The molecule has 74 valence electrons. The fourth-order valence-corrected chi connectivity index (χ4v) is 1.09. The molecule has 0 aliphatic rings. The van der Waals surface area contributed by atoms with Crippen LogP contribution in [-0.4, -0.2) is 0 Å². The second kappa shape index (κ2) is 5.06. The summed E-state index contributed by atoms with van der Waals surface area (Å²) in [5.74, 6) is 0. The highest BCUT2D eigenvalue weighted by atomic mass is 14.2. The van der Waals surface area contributed by atoms with Crippen molar-refractivity contribution in [3.05, 3.63) is 36.0 Å². The standard InChI is InChI=1S/C13H22/c1-7-12(9-8-11(2)3)10-13(4,5)6/h7-9H,1,10H2,2-6H3/b12-9+. The average molecular weight is 178 g/mol. The van der Waals surface area contributed by atoms with E-state index in [1.807, 2.05) is 6.08 Å². The van der Waals surface area contributed by atoms with Gasteiger partial charge in [-0.3, -0.25) is 0 Å². The normalized spacial score (nSPS) is 12.5. The van der Waals surface area contributed by atoms with Gasteiger partial charge in [-0.15, -0.1) is 0 Å². The van der Waals surface area contributed by atoms with E-state index < -0.39 is 0 Å². The second-order valence-corrected chi connectivity index (χ2v) is 4.93. The lowest BCUT2D eigenvalue weighted by atomic mass is 9.88. The van der Waals surface area contributed by atoms with Gasteiger partial charge < -0.3 is 0 Å². The number of hydrogen-bond acceptors (Lipinski definition) is 0. The molecule has 13 heavy (non-hydrogen) atoms. The topological polar surface area (TPSA) is 0 Å². The van der Waals surface area contributed by atoms with E-state index in [-0.39, 0.29) is 0 Å². The van der Waals surface area contributed by atoms with Crippen LogP contribution in [0.5, 0.6) is 0 Å². The van der Waals surface area contributed by atoms with Crippen LogP contribution >= 0.6 is 0 Å². The van der Waals surface area contributed by atoms with Crippen molar-refractivity contribution in [3.63, 3.8) is 0 Å². The van der Waals surface area contributed by atoms with Gasteiger partial charge in [-0.1, -0.05) is 51.2 Å². The second-order valence-electron chi connectivity index (χ2n) is 4.93. The summed E-state index contributed by atoms with van der Waals surface area (Å²) in [5, 5.41) is 0. The molecule has 0 nitrogen and oxygen atoms in total. The first kappa shape index (κ1) is 12.2. The third-order valence-corrected chi connectivity index (χ3v) is 1.63. The molecule has 0 spiro atoms. The Morgan fingerprint density at radius 1 is 1.15 bits per heavy atom. The Bertz CT molecular complexity index is 217. The molecule has 0 saturated carbocycles. The molecule has 0 bridgehead atoms. The molecular formula is C13H22. The first-order valence-electron chi connectivity index (χ1n) is 4.81. The first-order valence-corrected chi connectivity index (χ1v) is 4.81. The Hall–Kier alpha value is -0.780. The largest absolute Gasteiger partial charge is 0.0988 e. The highest BCUT2D eigenvalue weighted by Crippen LogP contribution is 2.24. The van der Waals surface area contributed by atoms with Gasteiger partial charge in [-0.2, -0.15) is 0 Å². The Morgan fingerprint density at radius 3 is 2.00 bits per heavy atom. The SMILES string of the molecule is C=C/C(=C\C=C(C)C)CC(C)(C)C. The zero-order valence-electron chi connectivity index (χ0n) is 9.65. The Labute approximate surface area is 83.0 Å². The summed E-state index contributed by atoms with van der Waals surface area (Å²) < 4.78 is 0. The van der Waals surface area contributed by atoms with Crippen LogP contribution in [0.1, 0.15) is 41.0 Å². The fourth-order valence-electron chi connectivity index (χ4n) is 1.09. The minimum Gasteiger partial charge on any atom is -0.0988 e. The highest BCUT2D eigenvalue weighted by molar-refractivity contribution is 5.24. The van der Waals surface area contributed by atoms with Gasteiger partial charge in [0, 0.05) is 0 Å². The minimum absolute atomic E-state index is 0.343. The molecule has 0 rings (SSSR count). The summed E-state index contributed by atoms with van der Waals surface area (Å²) in [7, 11) is 0. The quantitative estimate of drug-likeness (QED) is 0.558. The molecule has 0 aliphatic carbocycles. The van der Waals surface area contributed by atoms with Gasteiger partial charge in [0.2, 0.25) is 0 Å². The molecule has 0 aromatic heterocycles. The van der Waals surface area contributed by atoms with E-state index in [0.29, 0.717) is 5.41 Å². The van der Waals surface area contributed by atoms with Crippen LogP contribution in [0.15, 0.2) is 36.0 Å². The van der Waals surface area contributed by atoms with Crippen LogP contribution in [0.2, 0.25) is 0 Å². The van der Waals surface area contributed by atoms with E-state index in [1.54, 1.807) is 0 Å². The molecule has 0 amide bonds. The van der Waals surface area contributed by atoms with Crippen molar-refractivity contribution in [1.82, 2.24) is 0 Å². The maximum absolute atomic E-state index is 3.83. The Balaban J connectivity index is 4.44. The van der Waals surface area contributed by atoms with Crippen molar-refractivity contribution in [2.24, 2.45) is 5.41 Å². The van der Waals surface area contributed by atoms with E-state index in [4.69, 9.17) is 0 Å².